The number of carbonyl (C=O) groups is 1. The molecule has 102 valence electrons. The Bertz CT molecular complexity index is 592. The molecule has 0 bridgehead atoms. The number of aromatic nitrogens is 1. The Morgan fingerprint density at radius 1 is 1.26 bits per heavy atom. The molecule has 1 heterocycles. The molecule has 2 aromatic rings. The van der Waals surface area contributed by atoms with Crippen LogP contribution in [0.15, 0.2) is 24.3 Å². The van der Waals surface area contributed by atoms with Gasteiger partial charge in [0.2, 0.25) is 0 Å². The highest BCUT2D eigenvalue weighted by molar-refractivity contribution is 5.97. The second-order valence-electron chi connectivity index (χ2n) is 4.29. The first kappa shape index (κ1) is 13.5. The van der Waals surface area contributed by atoms with Gasteiger partial charge in [0, 0.05) is 23.1 Å². The number of aliphatic hydroxyl groups is 3. The molecule has 19 heavy (non-hydrogen) atoms. The monoisotopic (exact) mass is 265 g/mol. The minimum atomic E-state index is -1.37. The van der Waals surface area contributed by atoms with Crippen LogP contribution < -0.4 is 0 Å². The molecule has 0 fully saturated rings. The number of hydrogen-bond donors (Lipinski definition) is 5. The number of rotatable bonds is 5. The van der Waals surface area contributed by atoms with E-state index >= 15 is 0 Å². The first-order valence-corrected chi connectivity index (χ1v) is 5.87. The Balaban J connectivity index is 2.56. The summed E-state index contributed by atoms with van der Waals surface area (Å²) in [6, 6.07) is 6.82. The van der Waals surface area contributed by atoms with Crippen molar-refractivity contribution in [1.82, 2.24) is 4.98 Å². The first-order chi connectivity index (χ1) is 9.06. The number of aromatic amines is 1. The van der Waals surface area contributed by atoms with E-state index < -0.39 is 18.2 Å². The molecule has 0 aliphatic heterocycles. The summed E-state index contributed by atoms with van der Waals surface area (Å²) in [5.41, 5.74) is 0.569. The van der Waals surface area contributed by atoms with Gasteiger partial charge in [0.25, 0.3) is 0 Å². The lowest BCUT2D eigenvalue weighted by Gasteiger charge is -2.17. The lowest BCUT2D eigenvalue weighted by Crippen LogP contribution is -2.21. The highest BCUT2D eigenvalue weighted by Crippen LogP contribution is 2.30. The molecule has 6 heteroatoms. The molecular weight excluding hydrogens is 250 g/mol. The Morgan fingerprint density at radius 2 is 1.95 bits per heavy atom. The van der Waals surface area contributed by atoms with Gasteiger partial charge in [-0.25, -0.2) is 4.79 Å². The smallest absolute Gasteiger partial charge is 0.352 e. The van der Waals surface area contributed by atoms with Crippen LogP contribution in [0.3, 0.4) is 0 Å². The molecule has 0 aliphatic rings. The molecule has 0 amide bonds. The van der Waals surface area contributed by atoms with E-state index in [1.807, 2.05) is 0 Å². The maximum Gasteiger partial charge on any atom is 0.352 e. The Kier molecular flexibility index (Phi) is 3.84. The van der Waals surface area contributed by atoms with Crippen LogP contribution >= 0.6 is 0 Å². The predicted molar refractivity (Wildman–Crippen MR) is 67.9 cm³/mol. The van der Waals surface area contributed by atoms with E-state index in [0.717, 1.165) is 0 Å². The number of hydrogen-bond acceptors (Lipinski definition) is 4. The van der Waals surface area contributed by atoms with Gasteiger partial charge in [0.1, 0.15) is 11.8 Å². The summed E-state index contributed by atoms with van der Waals surface area (Å²) in [5, 5.41) is 38.3. The number of benzene rings is 1. The van der Waals surface area contributed by atoms with Crippen LogP contribution in [0.4, 0.5) is 0 Å². The third-order valence-electron chi connectivity index (χ3n) is 3.05. The SMILES string of the molecule is O=C(O)c1[nH]c2ccccc2c1C(O)C(O)CCO. The lowest BCUT2D eigenvalue weighted by molar-refractivity contribution is 0.00427. The van der Waals surface area contributed by atoms with Crippen LogP contribution in [0.2, 0.25) is 0 Å². The van der Waals surface area contributed by atoms with Gasteiger partial charge >= 0.3 is 5.97 Å². The van der Waals surface area contributed by atoms with Crippen molar-refractivity contribution in [2.45, 2.75) is 18.6 Å². The van der Waals surface area contributed by atoms with Crippen LogP contribution in [0.25, 0.3) is 10.9 Å². The minimum absolute atomic E-state index is 0.0280. The number of aliphatic hydroxyl groups excluding tert-OH is 3. The van der Waals surface area contributed by atoms with Crippen molar-refractivity contribution in [2.24, 2.45) is 0 Å². The first-order valence-electron chi connectivity index (χ1n) is 5.87. The Labute approximate surface area is 108 Å². The van der Waals surface area contributed by atoms with Crippen molar-refractivity contribution in [2.75, 3.05) is 6.61 Å². The molecule has 6 nitrogen and oxygen atoms in total. The van der Waals surface area contributed by atoms with Gasteiger partial charge in [0.15, 0.2) is 0 Å². The predicted octanol–water partition coefficient (Wildman–Crippen LogP) is 0.643. The van der Waals surface area contributed by atoms with Crippen LogP contribution in [0, 0.1) is 0 Å². The Morgan fingerprint density at radius 3 is 2.58 bits per heavy atom. The number of aromatic carboxylic acids is 1. The molecule has 2 atom stereocenters. The zero-order chi connectivity index (χ0) is 14.0. The van der Waals surface area contributed by atoms with Gasteiger partial charge < -0.3 is 25.4 Å². The van der Waals surface area contributed by atoms with E-state index in [1.54, 1.807) is 24.3 Å². The fourth-order valence-corrected chi connectivity index (χ4v) is 2.12. The van der Waals surface area contributed by atoms with Crippen molar-refractivity contribution in [3.8, 4) is 0 Å². The molecule has 1 aromatic heterocycles. The third kappa shape index (κ3) is 2.46. The molecule has 1 aromatic carbocycles. The van der Waals surface area contributed by atoms with Gasteiger partial charge in [-0.05, 0) is 12.5 Å². The molecule has 0 saturated carbocycles. The maximum atomic E-state index is 11.2. The normalized spacial score (nSPS) is 14.5. The van der Waals surface area contributed by atoms with E-state index in [9.17, 15) is 15.0 Å². The number of nitrogens with one attached hydrogen (secondary N) is 1. The summed E-state index contributed by atoms with van der Waals surface area (Å²) >= 11 is 0. The average Bonchev–Trinajstić information content (AvgIpc) is 2.77. The molecule has 0 saturated heterocycles. The largest absolute Gasteiger partial charge is 0.477 e. The van der Waals surface area contributed by atoms with Crippen molar-refractivity contribution >= 4 is 16.9 Å². The van der Waals surface area contributed by atoms with E-state index in [1.165, 1.54) is 0 Å². The summed E-state index contributed by atoms with van der Waals surface area (Å²) in [5.74, 6) is -1.21. The molecule has 0 radical (unpaired) electrons. The van der Waals surface area contributed by atoms with Crippen molar-refractivity contribution in [3.05, 3.63) is 35.5 Å². The highest BCUT2D eigenvalue weighted by atomic mass is 16.4. The van der Waals surface area contributed by atoms with E-state index in [2.05, 4.69) is 4.98 Å². The number of H-pyrrole nitrogens is 1. The van der Waals surface area contributed by atoms with Gasteiger partial charge in [-0.15, -0.1) is 0 Å². The molecule has 0 aliphatic carbocycles. The van der Waals surface area contributed by atoms with Crippen molar-refractivity contribution in [3.63, 3.8) is 0 Å². The fraction of sp³-hybridized carbons (Fsp3) is 0.308. The number of carboxylic acids is 1. The highest BCUT2D eigenvalue weighted by Gasteiger charge is 2.27. The quantitative estimate of drug-likeness (QED) is 0.544. The maximum absolute atomic E-state index is 11.2. The summed E-state index contributed by atoms with van der Waals surface area (Å²) in [4.78, 5) is 13.9. The average molecular weight is 265 g/mol. The standard InChI is InChI=1S/C13H15NO5/c15-6-5-9(16)12(17)10-7-3-1-2-4-8(7)14-11(10)13(18)19/h1-4,9,12,14-17H,5-6H2,(H,18,19). The molecule has 0 spiro atoms. The molecule has 2 unspecified atom stereocenters. The number of carboxylic acid groups (broad SMARTS) is 1. The van der Waals surface area contributed by atoms with Crippen molar-refractivity contribution < 1.29 is 25.2 Å². The van der Waals surface area contributed by atoms with Gasteiger partial charge in [-0.2, -0.15) is 0 Å². The number of fused-ring (bicyclic) bond motifs is 1. The molecule has 2 rings (SSSR count). The zero-order valence-electron chi connectivity index (χ0n) is 10.1. The van der Waals surface area contributed by atoms with E-state index in [-0.39, 0.29) is 24.3 Å². The molecule has 5 N–H and O–H groups in total. The van der Waals surface area contributed by atoms with Gasteiger partial charge in [0.05, 0.1) is 6.10 Å². The summed E-state index contributed by atoms with van der Waals surface area (Å²) < 4.78 is 0. The number of para-hydroxylation sites is 1. The second-order valence-corrected chi connectivity index (χ2v) is 4.29. The third-order valence-corrected chi connectivity index (χ3v) is 3.05. The van der Waals surface area contributed by atoms with Gasteiger partial charge in [-0.1, -0.05) is 18.2 Å². The zero-order valence-corrected chi connectivity index (χ0v) is 10.1. The summed E-state index contributed by atoms with van der Waals surface area (Å²) in [6.07, 6.45) is -2.61. The molecular formula is C13H15NO5. The van der Waals surface area contributed by atoms with E-state index in [4.69, 9.17) is 10.2 Å². The van der Waals surface area contributed by atoms with Gasteiger partial charge in [-0.3, -0.25) is 0 Å². The Hall–Kier alpha value is -1.89. The van der Waals surface area contributed by atoms with E-state index in [0.29, 0.717) is 10.9 Å². The second kappa shape index (κ2) is 5.40. The van der Waals surface area contributed by atoms with Crippen LogP contribution in [-0.4, -0.2) is 44.1 Å². The van der Waals surface area contributed by atoms with Crippen molar-refractivity contribution in [1.29, 1.82) is 0 Å². The lowest BCUT2D eigenvalue weighted by atomic mass is 9.99. The topological polar surface area (TPSA) is 114 Å². The van der Waals surface area contributed by atoms with Crippen LogP contribution in [0.5, 0.6) is 0 Å². The summed E-state index contributed by atoms with van der Waals surface area (Å²) in [7, 11) is 0. The van der Waals surface area contributed by atoms with Crippen LogP contribution in [-0.2, 0) is 0 Å². The fourth-order valence-electron chi connectivity index (χ4n) is 2.12. The summed E-state index contributed by atoms with van der Waals surface area (Å²) in [6.45, 7) is -0.289. The minimum Gasteiger partial charge on any atom is -0.477 e. The van der Waals surface area contributed by atoms with Crippen LogP contribution in [0.1, 0.15) is 28.6 Å².